The average molecular weight is 170 g/mol. The van der Waals surface area contributed by atoms with Crippen LogP contribution in [0.15, 0.2) is 11.8 Å². The van der Waals surface area contributed by atoms with Crippen molar-refractivity contribution in [3.63, 3.8) is 0 Å². The minimum atomic E-state index is -0.234. The van der Waals surface area contributed by atoms with Crippen LogP contribution in [0.25, 0.3) is 0 Å². The van der Waals surface area contributed by atoms with E-state index >= 15 is 0 Å². The summed E-state index contributed by atoms with van der Waals surface area (Å²) in [5, 5.41) is 0. The van der Waals surface area contributed by atoms with Crippen molar-refractivity contribution in [3.8, 4) is 0 Å². The van der Waals surface area contributed by atoms with Gasteiger partial charge in [0.2, 0.25) is 0 Å². The van der Waals surface area contributed by atoms with Crippen LogP contribution in [0.5, 0.6) is 0 Å². The zero-order chi connectivity index (χ0) is 8.97. The normalized spacial score (nSPS) is 27.0. The van der Waals surface area contributed by atoms with Gasteiger partial charge in [0.15, 0.2) is 0 Å². The summed E-state index contributed by atoms with van der Waals surface area (Å²) in [6.45, 7) is 5.01. The van der Waals surface area contributed by atoms with Crippen molar-refractivity contribution >= 4 is 5.97 Å². The predicted molar refractivity (Wildman–Crippen MR) is 44.4 cm³/mol. The SMILES string of the molecule is CCOC=C1C(=O)OCCC1C. The Morgan fingerprint density at radius 3 is 3.08 bits per heavy atom. The Labute approximate surface area is 72.4 Å². The van der Waals surface area contributed by atoms with Gasteiger partial charge in [0.05, 0.1) is 25.0 Å². The zero-order valence-corrected chi connectivity index (χ0v) is 7.50. The molecular formula is C9H14O3. The molecule has 0 aliphatic carbocycles. The first-order chi connectivity index (χ1) is 5.75. The maximum Gasteiger partial charge on any atom is 0.337 e. The fraction of sp³-hybridized carbons (Fsp3) is 0.667. The van der Waals surface area contributed by atoms with Gasteiger partial charge in [-0.25, -0.2) is 4.79 Å². The van der Waals surface area contributed by atoms with Crippen LogP contribution >= 0.6 is 0 Å². The van der Waals surface area contributed by atoms with Crippen LogP contribution in [0.4, 0.5) is 0 Å². The van der Waals surface area contributed by atoms with E-state index in [-0.39, 0.29) is 11.9 Å². The smallest absolute Gasteiger partial charge is 0.337 e. The van der Waals surface area contributed by atoms with Crippen LogP contribution in [-0.2, 0) is 14.3 Å². The van der Waals surface area contributed by atoms with Gasteiger partial charge in [0.25, 0.3) is 0 Å². The highest BCUT2D eigenvalue weighted by atomic mass is 16.5. The van der Waals surface area contributed by atoms with Gasteiger partial charge >= 0.3 is 5.97 Å². The topological polar surface area (TPSA) is 35.5 Å². The molecule has 0 N–H and O–H groups in total. The third kappa shape index (κ3) is 2.00. The molecule has 1 unspecified atom stereocenters. The second kappa shape index (κ2) is 4.14. The minimum absolute atomic E-state index is 0.234. The van der Waals surface area contributed by atoms with Crippen LogP contribution in [0, 0.1) is 5.92 Å². The van der Waals surface area contributed by atoms with Crippen LogP contribution < -0.4 is 0 Å². The maximum absolute atomic E-state index is 11.1. The highest BCUT2D eigenvalue weighted by molar-refractivity contribution is 5.89. The lowest BCUT2D eigenvalue weighted by atomic mass is 9.97. The number of hydrogen-bond acceptors (Lipinski definition) is 3. The van der Waals surface area contributed by atoms with Gasteiger partial charge < -0.3 is 9.47 Å². The average Bonchev–Trinajstić information content (AvgIpc) is 2.04. The molecule has 1 aliphatic rings. The monoisotopic (exact) mass is 170 g/mol. The second-order valence-electron chi connectivity index (χ2n) is 2.85. The molecule has 1 rings (SSSR count). The van der Waals surface area contributed by atoms with Crippen molar-refractivity contribution < 1.29 is 14.3 Å². The molecule has 0 radical (unpaired) electrons. The summed E-state index contributed by atoms with van der Waals surface area (Å²) in [6, 6.07) is 0. The number of ether oxygens (including phenoxy) is 2. The number of rotatable bonds is 2. The molecule has 0 bridgehead atoms. The fourth-order valence-corrected chi connectivity index (χ4v) is 1.11. The van der Waals surface area contributed by atoms with Gasteiger partial charge in [-0.15, -0.1) is 0 Å². The van der Waals surface area contributed by atoms with E-state index in [1.54, 1.807) is 0 Å². The molecule has 68 valence electrons. The van der Waals surface area contributed by atoms with E-state index in [2.05, 4.69) is 0 Å². The third-order valence-electron chi connectivity index (χ3n) is 1.93. The lowest BCUT2D eigenvalue weighted by Gasteiger charge is -2.20. The molecule has 0 aromatic carbocycles. The lowest BCUT2D eigenvalue weighted by Crippen LogP contribution is -2.22. The van der Waals surface area contributed by atoms with Gasteiger partial charge in [-0.2, -0.15) is 0 Å². The molecule has 0 amide bonds. The summed E-state index contributed by atoms with van der Waals surface area (Å²) in [5.41, 5.74) is 0.656. The number of hydrogen-bond donors (Lipinski definition) is 0. The summed E-state index contributed by atoms with van der Waals surface area (Å²) in [7, 11) is 0. The molecule has 3 heteroatoms. The molecule has 1 fully saturated rings. The number of carbonyl (C=O) groups excluding carboxylic acids is 1. The molecule has 1 atom stereocenters. The number of carbonyl (C=O) groups is 1. The lowest BCUT2D eigenvalue weighted by molar-refractivity contribution is -0.142. The Bertz CT molecular complexity index is 196. The summed E-state index contributed by atoms with van der Waals surface area (Å²) < 4.78 is 9.92. The summed E-state index contributed by atoms with van der Waals surface area (Å²) in [6.07, 6.45) is 2.41. The van der Waals surface area contributed by atoms with Crippen molar-refractivity contribution in [2.75, 3.05) is 13.2 Å². The summed E-state index contributed by atoms with van der Waals surface area (Å²) in [5.74, 6) is 0.0278. The van der Waals surface area contributed by atoms with E-state index in [1.165, 1.54) is 6.26 Å². The minimum Gasteiger partial charge on any atom is -0.501 e. The second-order valence-corrected chi connectivity index (χ2v) is 2.85. The van der Waals surface area contributed by atoms with Crippen LogP contribution in [0.2, 0.25) is 0 Å². The highest BCUT2D eigenvalue weighted by Gasteiger charge is 2.23. The molecule has 0 aromatic heterocycles. The van der Waals surface area contributed by atoms with Crippen molar-refractivity contribution in [1.29, 1.82) is 0 Å². The third-order valence-corrected chi connectivity index (χ3v) is 1.93. The standard InChI is InChI=1S/C9H14O3/c1-3-11-6-8-7(2)4-5-12-9(8)10/h6-7H,3-5H2,1-2H3. The molecule has 1 saturated heterocycles. The summed E-state index contributed by atoms with van der Waals surface area (Å²) in [4.78, 5) is 11.1. The van der Waals surface area contributed by atoms with Gasteiger partial charge in [0, 0.05) is 0 Å². The van der Waals surface area contributed by atoms with E-state index in [4.69, 9.17) is 9.47 Å². The predicted octanol–water partition coefficient (Wildman–Crippen LogP) is 1.49. The summed E-state index contributed by atoms with van der Waals surface area (Å²) >= 11 is 0. The molecule has 12 heavy (non-hydrogen) atoms. The molecule has 3 nitrogen and oxygen atoms in total. The first kappa shape index (κ1) is 9.10. The Balaban J connectivity index is 2.62. The molecule has 0 spiro atoms. The fourth-order valence-electron chi connectivity index (χ4n) is 1.11. The Hall–Kier alpha value is -0.990. The Kier molecular flexibility index (Phi) is 3.14. The largest absolute Gasteiger partial charge is 0.501 e. The van der Waals surface area contributed by atoms with Gasteiger partial charge in [-0.1, -0.05) is 6.92 Å². The molecular weight excluding hydrogens is 156 g/mol. The quantitative estimate of drug-likeness (QED) is 0.358. The van der Waals surface area contributed by atoms with Gasteiger partial charge in [-0.05, 0) is 19.3 Å². The van der Waals surface area contributed by atoms with E-state index in [0.29, 0.717) is 18.8 Å². The van der Waals surface area contributed by atoms with Crippen molar-refractivity contribution in [2.45, 2.75) is 20.3 Å². The van der Waals surface area contributed by atoms with E-state index in [0.717, 1.165) is 6.42 Å². The van der Waals surface area contributed by atoms with E-state index in [9.17, 15) is 4.79 Å². The van der Waals surface area contributed by atoms with E-state index < -0.39 is 0 Å². The van der Waals surface area contributed by atoms with Crippen molar-refractivity contribution in [3.05, 3.63) is 11.8 Å². The Morgan fingerprint density at radius 2 is 2.50 bits per heavy atom. The van der Waals surface area contributed by atoms with Crippen molar-refractivity contribution in [2.24, 2.45) is 5.92 Å². The molecule has 0 aromatic rings. The van der Waals surface area contributed by atoms with Gasteiger partial charge in [-0.3, -0.25) is 0 Å². The molecule has 1 aliphatic heterocycles. The van der Waals surface area contributed by atoms with E-state index in [1.807, 2.05) is 13.8 Å². The number of cyclic esters (lactones) is 1. The first-order valence-electron chi connectivity index (χ1n) is 4.24. The first-order valence-corrected chi connectivity index (χ1v) is 4.24. The Morgan fingerprint density at radius 1 is 1.75 bits per heavy atom. The van der Waals surface area contributed by atoms with Gasteiger partial charge in [0.1, 0.15) is 0 Å². The highest BCUT2D eigenvalue weighted by Crippen LogP contribution is 2.21. The molecule has 1 heterocycles. The van der Waals surface area contributed by atoms with Crippen LogP contribution in [0.1, 0.15) is 20.3 Å². The van der Waals surface area contributed by atoms with Crippen LogP contribution in [-0.4, -0.2) is 19.2 Å². The van der Waals surface area contributed by atoms with Crippen molar-refractivity contribution in [1.82, 2.24) is 0 Å². The number of esters is 1. The maximum atomic E-state index is 11.1. The zero-order valence-electron chi connectivity index (χ0n) is 7.50. The molecule has 0 saturated carbocycles. The van der Waals surface area contributed by atoms with Crippen LogP contribution in [0.3, 0.4) is 0 Å².